The summed E-state index contributed by atoms with van der Waals surface area (Å²) in [6.07, 6.45) is 16.2. The summed E-state index contributed by atoms with van der Waals surface area (Å²) in [4.78, 5) is 0. The molecular weight excluding hydrogens is 326 g/mol. The van der Waals surface area contributed by atoms with Gasteiger partial charge in [-0.15, -0.1) is 0 Å². The van der Waals surface area contributed by atoms with Crippen LogP contribution in [0, 0.1) is 0 Å². The number of hydrogen-bond acceptors (Lipinski definition) is 1. The van der Waals surface area contributed by atoms with E-state index in [9.17, 15) is 5.11 Å². The van der Waals surface area contributed by atoms with Crippen molar-refractivity contribution in [2.24, 2.45) is 0 Å². The number of likely N-dealkylation sites (tertiary alicyclic amines) is 1. The zero-order chi connectivity index (χ0) is 14.7. The molecule has 1 N–H and O–H groups in total. The Morgan fingerprint density at radius 1 is 0.810 bits per heavy atom. The lowest BCUT2D eigenvalue weighted by Crippen LogP contribution is -3.00. The highest BCUT2D eigenvalue weighted by molar-refractivity contribution is 4.61. The van der Waals surface area contributed by atoms with E-state index in [0.29, 0.717) is 0 Å². The SMILES string of the molecule is CCCCCCCCCCCC[N+]1(C)CCC(O)CC1.[Br-]. The topological polar surface area (TPSA) is 20.2 Å². The molecule has 0 saturated carbocycles. The summed E-state index contributed by atoms with van der Waals surface area (Å²) in [5, 5.41) is 9.58. The fourth-order valence-electron chi connectivity index (χ4n) is 3.38. The van der Waals surface area contributed by atoms with Crippen LogP contribution in [0.4, 0.5) is 0 Å². The summed E-state index contributed by atoms with van der Waals surface area (Å²) in [7, 11) is 2.37. The number of hydrogen-bond donors (Lipinski definition) is 1. The Labute approximate surface area is 143 Å². The minimum absolute atomic E-state index is 0. The van der Waals surface area contributed by atoms with E-state index < -0.39 is 0 Å². The van der Waals surface area contributed by atoms with E-state index in [4.69, 9.17) is 0 Å². The smallest absolute Gasteiger partial charge is 0.0809 e. The van der Waals surface area contributed by atoms with Gasteiger partial charge in [-0.1, -0.05) is 58.3 Å². The van der Waals surface area contributed by atoms with Crippen molar-refractivity contribution in [2.75, 3.05) is 26.7 Å². The molecule has 0 spiro atoms. The molecule has 2 nitrogen and oxygen atoms in total. The molecule has 0 aromatic carbocycles. The normalized spacial score (nSPS) is 25.6. The van der Waals surface area contributed by atoms with Gasteiger partial charge in [-0.3, -0.25) is 0 Å². The van der Waals surface area contributed by atoms with Crippen molar-refractivity contribution in [3.63, 3.8) is 0 Å². The molecule has 0 aromatic rings. The van der Waals surface area contributed by atoms with Crippen LogP contribution in [-0.4, -0.2) is 42.4 Å². The first-order valence-electron chi connectivity index (χ1n) is 9.18. The van der Waals surface area contributed by atoms with Gasteiger partial charge in [-0.05, 0) is 12.8 Å². The number of rotatable bonds is 11. The number of unbranched alkanes of at least 4 members (excludes halogenated alkanes) is 9. The van der Waals surface area contributed by atoms with Crippen LogP contribution in [0.5, 0.6) is 0 Å². The van der Waals surface area contributed by atoms with Crippen LogP contribution in [0.25, 0.3) is 0 Å². The highest BCUT2D eigenvalue weighted by Gasteiger charge is 2.28. The van der Waals surface area contributed by atoms with Crippen LogP contribution >= 0.6 is 0 Å². The zero-order valence-corrected chi connectivity index (χ0v) is 16.0. The second-order valence-electron chi connectivity index (χ2n) is 7.20. The third-order valence-corrected chi connectivity index (χ3v) is 5.06. The van der Waals surface area contributed by atoms with E-state index in [1.807, 2.05) is 0 Å². The van der Waals surface area contributed by atoms with E-state index in [0.717, 1.165) is 12.8 Å². The predicted octanol–water partition coefficient (Wildman–Crippen LogP) is 1.51. The molecule has 0 aromatic heterocycles. The van der Waals surface area contributed by atoms with E-state index in [2.05, 4.69) is 14.0 Å². The maximum Gasteiger partial charge on any atom is 0.0809 e. The van der Waals surface area contributed by atoms with Gasteiger partial charge in [0.1, 0.15) is 0 Å². The summed E-state index contributed by atoms with van der Waals surface area (Å²) in [6.45, 7) is 5.96. The molecular formula is C18H38BrNO. The first-order valence-corrected chi connectivity index (χ1v) is 9.18. The van der Waals surface area contributed by atoms with Gasteiger partial charge in [0.05, 0.1) is 32.8 Å². The lowest BCUT2D eigenvalue weighted by molar-refractivity contribution is -0.915. The van der Waals surface area contributed by atoms with E-state index in [1.165, 1.54) is 88.3 Å². The minimum atomic E-state index is -0.0195. The van der Waals surface area contributed by atoms with Gasteiger partial charge in [-0.25, -0.2) is 0 Å². The van der Waals surface area contributed by atoms with Crippen molar-refractivity contribution in [3.8, 4) is 0 Å². The fourth-order valence-corrected chi connectivity index (χ4v) is 3.38. The molecule has 1 aliphatic rings. The molecule has 1 rings (SSSR count). The Hall–Kier alpha value is 0.400. The standard InChI is InChI=1S/C18H38NO.BrH/c1-3-4-5-6-7-8-9-10-11-12-15-19(2)16-13-18(20)14-17-19;/h18,20H,3-17H2,1-2H3;1H/q+1;/p-1. The summed E-state index contributed by atoms with van der Waals surface area (Å²) >= 11 is 0. The molecule has 0 amide bonds. The van der Waals surface area contributed by atoms with Crippen molar-refractivity contribution in [1.29, 1.82) is 0 Å². The molecule has 0 bridgehead atoms. The van der Waals surface area contributed by atoms with Crippen LogP contribution in [0.1, 0.15) is 84.0 Å². The first-order chi connectivity index (χ1) is 9.66. The van der Waals surface area contributed by atoms with Crippen molar-refractivity contribution in [2.45, 2.75) is 90.1 Å². The van der Waals surface area contributed by atoms with Crippen LogP contribution < -0.4 is 17.0 Å². The Bertz CT molecular complexity index is 227. The van der Waals surface area contributed by atoms with Crippen LogP contribution in [-0.2, 0) is 0 Å². The predicted molar refractivity (Wildman–Crippen MR) is 87.9 cm³/mol. The molecule has 0 atom stereocenters. The Balaban J connectivity index is 0.00000400. The van der Waals surface area contributed by atoms with Crippen molar-refractivity contribution in [1.82, 2.24) is 0 Å². The molecule has 21 heavy (non-hydrogen) atoms. The number of piperidine rings is 1. The second-order valence-corrected chi connectivity index (χ2v) is 7.20. The van der Waals surface area contributed by atoms with E-state index in [-0.39, 0.29) is 23.1 Å². The fraction of sp³-hybridized carbons (Fsp3) is 1.00. The molecule has 3 heteroatoms. The largest absolute Gasteiger partial charge is 1.00 e. The van der Waals surface area contributed by atoms with E-state index >= 15 is 0 Å². The summed E-state index contributed by atoms with van der Waals surface area (Å²) < 4.78 is 1.20. The summed E-state index contributed by atoms with van der Waals surface area (Å²) in [6, 6.07) is 0. The second kappa shape index (κ2) is 12.9. The Morgan fingerprint density at radius 2 is 1.24 bits per heavy atom. The van der Waals surface area contributed by atoms with E-state index in [1.54, 1.807) is 0 Å². The molecule has 128 valence electrons. The molecule has 1 aliphatic heterocycles. The average Bonchev–Trinajstić information content (AvgIpc) is 2.45. The average molecular weight is 364 g/mol. The van der Waals surface area contributed by atoms with Crippen LogP contribution in [0.2, 0.25) is 0 Å². The van der Waals surface area contributed by atoms with Crippen LogP contribution in [0.3, 0.4) is 0 Å². The number of quaternary nitrogens is 1. The molecule has 0 radical (unpaired) electrons. The number of halogens is 1. The zero-order valence-electron chi connectivity index (χ0n) is 14.5. The quantitative estimate of drug-likeness (QED) is 0.435. The molecule has 1 heterocycles. The number of nitrogens with zero attached hydrogens (tertiary/aromatic N) is 1. The Kier molecular flexibility index (Phi) is 13.1. The molecule has 1 saturated heterocycles. The number of aliphatic hydroxyl groups is 1. The van der Waals surface area contributed by atoms with Gasteiger partial charge in [0, 0.05) is 12.8 Å². The van der Waals surface area contributed by atoms with Gasteiger partial charge in [0.15, 0.2) is 0 Å². The third kappa shape index (κ3) is 10.7. The van der Waals surface area contributed by atoms with Crippen molar-refractivity contribution >= 4 is 0 Å². The third-order valence-electron chi connectivity index (χ3n) is 5.06. The van der Waals surface area contributed by atoms with Crippen LogP contribution in [0.15, 0.2) is 0 Å². The summed E-state index contributed by atoms with van der Waals surface area (Å²) in [5.41, 5.74) is 0. The molecule has 0 aliphatic carbocycles. The van der Waals surface area contributed by atoms with Gasteiger partial charge < -0.3 is 26.6 Å². The maximum atomic E-state index is 9.58. The highest BCUT2D eigenvalue weighted by Crippen LogP contribution is 2.18. The lowest BCUT2D eigenvalue weighted by atomic mass is 10.0. The minimum Gasteiger partial charge on any atom is -1.00 e. The van der Waals surface area contributed by atoms with Crippen molar-refractivity contribution < 1.29 is 26.6 Å². The van der Waals surface area contributed by atoms with Gasteiger partial charge in [0.25, 0.3) is 0 Å². The van der Waals surface area contributed by atoms with Gasteiger partial charge >= 0.3 is 0 Å². The first kappa shape index (κ1) is 21.4. The molecule has 0 unspecified atom stereocenters. The lowest BCUT2D eigenvalue weighted by Gasteiger charge is -2.39. The van der Waals surface area contributed by atoms with Crippen molar-refractivity contribution in [3.05, 3.63) is 0 Å². The Morgan fingerprint density at radius 3 is 1.71 bits per heavy atom. The number of aliphatic hydroxyl groups excluding tert-OH is 1. The van der Waals surface area contributed by atoms with Gasteiger partial charge in [-0.2, -0.15) is 0 Å². The monoisotopic (exact) mass is 363 g/mol. The van der Waals surface area contributed by atoms with Gasteiger partial charge in [0.2, 0.25) is 0 Å². The molecule has 1 fully saturated rings. The maximum absolute atomic E-state index is 9.58. The summed E-state index contributed by atoms with van der Waals surface area (Å²) in [5.74, 6) is 0. The highest BCUT2D eigenvalue weighted by atomic mass is 79.9.